The van der Waals surface area contributed by atoms with Gasteiger partial charge < -0.3 is 19.6 Å². The molecule has 40 heavy (non-hydrogen) atoms. The number of nitrogens with zero attached hydrogens (tertiary/aromatic N) is 1. The van der Waals surface area contributed by atoms with Crippen molar-refractivity contribution in [3.8, 4) is 12.3 Å². The summed E-state index contributed by atoms with van der Waals surface area (Å²) in [7, 11) is 0. The Hall–Kier alpha value is -4.90. The van der Waals surface area contributed by atoms with Gasteiger partial charge in [0.05, 0.1) is 31.8 Å². The molecule has 2 N–H and O–H groups in total. The Bertz CT molecular complexity index is 1660. The number of furan rings is 1. The number of ketones is 1. The first kappa shape index (κ1) is 26.7. The van der Waals surface area contributed by atoms with Crippen LogP contribution in [0.4, 0.5) is 4.39 Å². The number of halogens is 1. The van der Waals surface area contributed by atoms with Crippen LogP contribution < -0.4 is 5.32 Å². The molecule has 7 nitrogen and oxygen atoms in total. The van der Waals surface area contributed by atoms with Crippen LogP contribution in [0.15, 0.2) is 82.6 Å². The maximum atomic E-state index is 14.9. The zero-order valence-electron chi connectivity index (χ0n) is 22.0. The molecule has 2 amide bonds. The van der Waals surface area contributed by atoms with E-state index in [1.165, 1.54) is 29.4 Å². The Labute approximate surface area is 231 Å². The van der Waals surface area contributed by atoms with Crippen molar-refractivity contribution in [2.75, 3.05) is 6.54 Å². The van der Waals surface area contributed by atoms with E-state index in [4.69, 9.17) is 10.8 Å². The van der Waals surface area contributed by atoms with Crippen LogP contribution in [0.2, 0.25) is 0 Å². The number of benzene rings is 2. The fourth-order valence-corrected chi connectivity index (χ4v) is 5.13. The molecular weight excluding hydrogens is 509 g/mol. The number of aromatic nitrogens is 1. The molecule has 2 aromatic heterocycles. The minimum Gasteiger partial charge on any atom is -0.467 e. The van der Waals surface area contributed by atoms with Crippen LogP contribution in [-0.2, 0) is 33.8 Å². The predicted octanol–water partition coefficient (Wildman–Crippen LogP) is 4.79. The molecule has 3 heterocycles. The van der Waals surface area contributed by atoms with Crippen molar-refractivity contribution in [2.24, 2.45) is 0 Å². The van der Waals surface area contributed by atoms with Crippen LogP contribution in [0.1, 0.15) is 41.8 Å². The van der Waals surface area contributed by atoms with Crippen molar-refractivity contribution < 1.29 is 23.2 Å². The van der Waals surface area contributed by atoms with Crippen molar-refractivity contribution >= 4 is 28.5 Å². The molecule has 0 fully saturated rings. The summed E-state index contributed by atoms with van der Waals surface area (Å²) >= 11 is 0. The van der Waals surface area contributed by atoms with E-state index >= 15 is 0 Å². The number of terminal acetylenes is 1. The fourth-order valence-electron chi connectivity index (χ4n) is 5.13. The van der Waals surface area contributed by atoms with Gasteiger partial charge in [0.25, 0.3) is 0 Å². The van der Waals surface area contributed by atoms with Gasteiger partial charge in [-0.1, -0.05) is 23.6 Å². The van der Waals surface area contributed by atoms with Gasteiger partial charge in [-0.05, 0) is 71.5 Å². The van der Waals surface area contributed by atoms with Crippen molar-refractivity contribution in [3.63, 3.8) is 0 Å². The quantitative estimate of drug-likeness (QED) is 0.300. The average molecular weight is 538 g/mol. The molecule has 1 aliphatic heterocycles. The van der Waals surface area contributed by atoms with Crippen LogP contribution in [0.5, 0.6) is 0 Å². The lowest BCUT2D eigenvalue weighted by Gasteiger charge is -2.28. The van der Waals surface area contributed by atoms with E-state index in [1.54, 1.807) is 19.1 Å². The maximum Gasteiger partial charge on any atom is 0.228 e. The lowest BCUT2D eigenvalue weighted by atomic mass is 9.85. The van der Waals surface area contributed by atoms with Crippen LogP contribution in [0, 0.1) is 18.2 Å². The average Bonchev–Trinajstić information content (AvgIpc) is 3.61. The summed E-state index contributed by atoms with van der Waals surface area (Å²) in [5.41, 5.74) is 3.64. The molecule has 202 valence electrons. The number of hydrogen-bond donors (Lipinski definition) is 2. The summed E-state index contributed by atoms with van der Waals surface area (Å²) in [6.45, 7) is 1.97. The molecule has 1 unspecified atom stereocenters. The third-order valence-electron chi connectivity index (χ3n) is 7.07. The van der Waals surface area contributed by atoms with Crippen LogP contribution in [-0.4, -0.2) is 34.0 Å². The van der Waals surface area contributed by atoms with Gasteiger partial charge in [-0.3, -0.25) is 14.4 Å². The largest absolute Gasteiger partial charge is 0.467 e. The zero-order valence-corrected chi connectivity index (χ0v) is 22.0. The molecule has 0 saturated carbocycles. The maximum absolute atomic E-state index is 14.9. The lowest BCUT2D eigenvalue weighted by Crippen LogP contribution is -2.37. The summed E-state index contributed by atoms with van der Waals surface area (Å²) in [5.74, 6) is 1.72. The number of rotatable bonds is 9. The normalized spacial score (nSPS) is 15.1. The fraction of sp³-hybridized carbons (Fsp3) is 0.219. The molecule has 0 spiro atoms. The molecule has 1 aliphatic rings. The van der Waals surface area contributed by atoms with Crippen LogP contribution in [0.3, 0.4) is 0 Å². The predicted molar refractivity (Wildman–Crippen MR) is 148 cm³/mol. The number of carbonyl (C=O) groups excluding carboxylic acids is 3. The number of aromatic amines is 1. The second-order valence-corrected chi connectivity index (χ2v) is 9.93. The first-order valence-electron chi connectivity index (χ1n) is 12.9. The van der Waals surface area contributed by atoms with Crippen molar-refractivity contribution in [2.45, 2.75) is 38.8 Å². The number of Topliss-reactive ketones (excluding diaryl/α,β-unsaturated/α-hetero) is 1. The summed E-state index contributed by atoms with van der Waals surface area (Å²) in [6, 6.07) is 14.7. The second kappa shape index (κ2) is 11.5. The highest BCUT2D eigenvalue weighted by molar-refractivity contribution is 6.02. The summed E-state index contributed by atoms with van der Waals surface area (Å²) in [5, 5.41) is 3.90. The van der Waals surface area contributed by atoms with E-state index in [9.17, 15) is 18.8 Å². The van der Waals surface area contributed by atoms with Crippen LogP contribution in [0.25, 0.3) is 10.9 Å². The van der Waals surface area contributed by atoms with Gasteiger partial charge in [0.1, 0.15) is 11.6 Å². The molecule has 0 aliphatic carbocycles. The molecule has 2 aromatic carbocycles. The molecular formula is C32H28FN3O4. The molecule has 0 saturated heterocycles. The topological polar surface area (TPSA) is 95.4 Å². The highest BCUT2D eigenvalue weighted by Crippen LogP contribution is 2.32. The molecule has 5 rings (SSSR count). The first-order valence-corrected chi connectivity index (χ1v) is 12.9. The van der Waals surface area contributed by atoms with Crippen molar-refractivity contribution in [1.29, 1.82) is 0 Å². The van der Waals surface area contributed by atoms with Gasteiger partial charge in [0.15, 0.2) is 5.78 Å². The standard InChI is InChI=1S/C32H28FN3O4/c1-3-12-36(19-25-5-4-13-40-25)30(39)18-24-17-23(7-8-26(24)33)32-31(20(2)14-29(38)35-32)28(37)16-21-6-9-27-22(15-21)10-11-34-27/h1,4-11,13,15,17,32,34H,12,14,16,18-19H2,2H3,(H,35,38). The highest BCUT2D eigenvalue weighted by Gasteiger charge is 2.31. The van der Waals surface area contributed by atoms with Crippen molar-refractivity contribution in [3.05, 3.63) is 106 Å². The zero-order chi connectivity index (χ0) is 28.2. The molecule has 1 atom stereocenters. The monoisotopic (exact) mass is 537 g/mol. The molecule has 8 heteroatoms. The number of hydrogen-bond acceptors (Lipinski definition) is 4. The highest BCUT2D eigenvalue weighted by atomic mass is 19.1. The minimum atomic E-state index is -0.760. The van der Waals surface area contributed by atoms with Gasteiger partial charge in [-0.25, -0.2) is 4.39 Å². The second-order valence-electron chi connectivity index (χ2n) is 9.93. The molecule has 4 aromatic rings. The Morgan fingerprint density at radius 3 is 2.77 bits per heavy atom. The number of nitrogens with one attached hydrogen (secondary N) is 2. The Morgan fingerprint density at radius 2 is 2.00 bits per heavy atom. The first-order chi connectivity index (χ1) is 19.3. The number of amides is 2. The summed E-state index contributed by atoms with van der Waals surface area (Å²) in [6.07, 6.45) is 8.82. The lowest BCUT2D eigenvalue weighted by molar-refractivity contribution is -0.130. The van der Waals surface area contributed by atoms with E-state index in [1.807, 2.05) is 30.5 Å². The number of carbonyl (C=O) groups is 3. The molecule has 0 radical (unpaired) electrons. The number of fused-ring (bicyclic) bond motifs is 1. The van der Waals surface area contributed by atoms with E-state index < -0.39 is 11.9 Å². The van der Waals surface area contributed by atoms with Gasteiger partial charge in [0.2, 0.25) is 11.8 Å². The van der Waals surface area contributed by atoms with E-state index in [0.717, 1.165) is 16.5 Å². The van der Waals surface area contributed by atoms with E-state index in [2.05, 4.69) is 16.2 Å². The van der Waals surface area contributed by atoms with Gasteiger partial charge in [-0.15, -0.1) is 6.42 Å². The third kappa shape index (κ3) is 5.74. The Kier molecular flexibility index (Phi) is 7.65. The summed E-state index contributed by atoms with van der Waals surface area (Å²) in [4.78, 5) is 43.8. The van der Waals surface area contributed by atoms with E-state index in [-0.39, 0.29) is 55.5 Å². The Morgan fingerprint density at radius 1 is 1.15 bits per heavy atom. The molecule has 0 bridgehead atoms. The van der Waals surface area contributed by atoms with Crippen molar-refractivity contribution in [1.82, 2.24) is 15.2 Å². The third-order valence-corrected chi connectivity index (χ3v) is 7.07. The van der Waals surface area contributed by atoms with E-state index in [0.29, 0.717) is 22.5 Å². The number of H-pyrrole nitrogens is 1. The van der Waals surface area contributed by atoms with Gasteiger partial charge >= 0.3 is 0 Å². The summed E-state index contributed by atoms with van der Waals surface area (Å²) < 4.78 is 20.3. The van der Waals surface area contributed by atoms with Gasteiger partial charge in [-0.2, -0.15) is 0 Å². The van der Waals surface area contributed by atoms with Gasteiger partial charge in [0, 0.05) is 30.1 Å². The SMILES string of the molecule is C#CCN(Cc1ccco1)C(=O)Cc1cc(C2NC(=O)CC(C)=C2C(=O)Cc2ccc3[nH]ccc3c2)ccc1F. The smallest absolute Gasteiger partial charge is 0.228 e. The minimum absolute atomic E-state index is 0.0364. The Balaban J connectivity index is 1.40. The van der Waals surface area contributed by atoms with Crippen LogP contribution >= 0.6 is 0 Å².